The van der Waals surface area contributed by atoms with E-state index in [2.05, 4.69) is 27.3 Å². The van der Waals surface area contributed by atoms with Crippen molar-refractivity contribution in [3.05, 3.63) is 63.6 Å². The molecular formula is C18H20BrNO2. The summed E-state index contributed by atoms with van der Waals surface area (Å²) in [7, 11) is 0. The molecule has 0 aliphatic heterocycles. The third kappa shape index (κ3) is 4.88. The predicted molar refractivity (Wildman–Crippen MR) is 92.3 cm³/mol. The Hall–Kier alpha value is -1.81. The summed E-state index contributed by atoms with van der Waals surface area (Å²) in [5.74, 6) is 0.872. The fourth-order valence-corrected chi connectivity index (χ4v) is 2.52. The highest BCUT2D eigenvalue weighted by molar-refractivity contribution is 9.10. The van der Waals surface area contributed by atoms with Crippen molar-refractivity contribution < 1.29 is 9.53 Å². The molecule has 0 atom stereocenters. The van der Waals surface area contributed by atoms with Crippen molar-refractivity contribution in [1.82, 2.24) is 5.32 Å². The molecular weight excluding hydrogens is 342 g/mol. The summed E-state index contributed by atoms with van der Waals surface area (Å²) in [6, 6.07) is 13.8. The maximum absolute atomic E-state index is 11.9. The molecule has 116 valence electrons. The minimum Gasteiger partial charge on any atom is -0.491 e. The SMILES string of the molecule is Cc1ccc(C)c(OCCNC(=O)Cc2ccccc2Br)c1. The molecule has 0 spiro atoms. The zero-order valence-electron chi connectivity index (χ0n) is 12.9. The maximum atomic E-state index is 11.9. The zero-order chi connectivity index (χ0) is 15.9. The number of halogens is 1. The first-order chi connectivity index (χ1) is 10.6. The van der Waals surface area contributed by atoms with Gasteiger partial charge in [0.2, 0.25) is 5.91 Å². The molecule has 3 nitrogen and oxygen atoms in total. The number of hydrogen-bond donors (Lipinski definition) is 1. The molecule has 0 bridgehead atoms. The van der Waals surface area contributed by atoms with E-state index in [0.717, 1.165) is 21.3 Å². The Morgan fingerprint density at radius 3 is 2.73 bits per heavy atom. The standard InChI is InChI=1S/C18H20BrNO2/c1-13-7-8-14(2)17(11-13)22-10-9-20-18(21)12-15-5-3-4-6-16(15)19/h3-8,11H,9-10,12H2,1-2H3,(H,20,21). The van der Waals surface area contributed by atoms with Crippen molar-refractivity contribution in [2.24, 2.45) is 0 Å². The van der Waals surface area contributed by atoms with Crippen molar-refractivity contribution >= 4 is 21.8 Å². The molecule has 0 aliphatic carbocycles. The molecule has 0 saturated heterocycles. The van der Waals surface area contributed by atoms with Crippen molar-refractivity contribution in [2.75, 3.05) is 13.2 Å². The predicted octanol–water partition coefficient (Wildman–Crippen LogP) is 3.80. The van der Waals surface area contributed by atoms with E-state index in [9.17, 15) is 4.79 Å². The van der Waals surface area contributed by atoms with Crippen molar-refractivity contribution in [3.8, 4) is 5.75 Å². The summed E-state index contributed by atoms with van der Waals surface area (Å²) >= 11 is 3.45. The first-order valence-electron chi connectivity index (χ1n) is 7.26. The van der Waals surface area contributed by atoms with Gasteiger partial charge in [0.05, 0.1) is 13.0 Å². The second-order valence-electron chi connectivity index (χ2n) is 5.24. The number of ether oxygens (including phenoxy) is 1. The van der Waals surface area contributed by atoms with E-state index in [1.807, 2.05) is 50.2 Å². The van der Waals surface area contributed by atoms with Crippen LogP contribution in [0.25, 0.3) is 0 Å². The van der Waals surface area contributed by atoms with Gasteiger partial charge in [0, 0.05) is 4.47 Å². The van der Waals surface area contributed by atoms with Crippen LogP contribution in [-0.4, -0.2) is 19.1 Å². The monoisotopic (exact) mass is 361 g/mol. The minimum atomic E-state index is -0.00327. The molecule has 0 aromatic heterocycles. The van der Waals surface area contributed by atoms with Crippen LogP contribution < -0.4 is 10.1 Å². The number of hydrogen-bond acceptors (Lipinski definition) is 2. The van der Waals surface area contributed by atoms with E-state index in [1.165, 1.54) is 5.56 Å². The first-order valence-corrected chi connectivity index (χ1v) is 8.05. The topological polar surface area (TPSA) is 38.3 Å². The lowest BCUT2D eigenvalue weighted by Crippen LogP contribution is -2.29. The van der Waals surface area contributed by atoms with Crippen LogP contribution in [0, 0.1) is 13.8 Å². The highest BCUT2D eigenvalue weighted by Crippen LogP contribution is 2.19. The van der Waals surface area contributed by atoms with Gasteiger partial charge >= 0.3 is 0 Å². The van der Waals surface area contributed by atoms with Crippen LogP contribution in [0.2, 0.25) is 0 Å². The van der Waals surface area contributed by atoms with Gasteiger partial charge < -0.3 is 10.1 Å². The molecule has 0 radical (unpaired) electrons. The Labute approximate surface area is 139 Å². The smallest absolute Gasteiger partial charge is 0.224 e. The normalized spacial score (nSPS) is 10.3. The molecule has 0 heterocycles. The summed E-state index contributed by atoms with van der Waals surface area (Å²) in [6.45, 7) is 5.01. The molecule has 22 heavy (non-hydrogen) atoms. The number of benzene rings is 2. The lowest BCUT2D eigenvalue weighted by atomic mass is 10.1. The number of rotatable bonds is 6. The van der Waals surface area contributed by atoms with E-state index in [-0.39, 0.29) is 5.91 Å². The highest BCUT2D eigenvalue weighted by atomic mass is 79.9. The molecule has 2 aromatic rings. The maximum Gasteiger partial charge on any atom is 0.224 e. The molecule has 0 unspecified atom stereocenters. The highest BCUT2D eigenvalue weighted by Gasteiger charge is 2.06. The minimum absolute atomic E-state index is 0.00327. The fraction of sp³-hybridized carbons (Fsp3) is 0.278. The molecule has 1 amide bonds. The Bertz CT molecular complexity index is 655. The molecule has 2 rings (SSSR count). The van der Waals surface area contributed by atoms with Gasteiger partial charge in [-0.15, -0.1) is 0 Å². The van der Waals surface area contributed by atoms with Gasteiger partial charge in [-0.05, 0) is 42.7 Å². The van der Waals surface area contributed by atoms with E-state index in [0.29, 0.717) is 19.6 Å². The molecule has 1 N–H and O–H groups in total. The summed E-state index contributed by atoms with van der Waals surface area (Å²) in [6.07, 6.45) is 0.366. The lowest BCUT2D eigenvalue weighted by Gasteiger charge is -2.11. The molecule has 4 heteroatoms. The summed E-state index contributed by atoms with van der Waals surface area (Å²) in [5, 5.41) is 2.88. The number of carbonyl (C=O) groups is 1. The van der Waals surface area contributed by atoms with Gasteiger partial charge in [0.15, 0.2) is 0 Å². The molecule has 0 fully saturated rings. The number of carbonyl (C=O) groups excluding carboxylic acids is 1. The van der Waals surface area contributed by atoms with Gasteiger partial charge in [0.25, 0.3) is 0 Å². The van der Waals surface area contributed by atoms with Crippen LogP contribution in [-0.2, 0) is 11.2 Å². The molecule has 2 aromatic carbocycles. The molecule has 0 aliphatic rings. The Morgan fingerprint density at radius 2 is 1.95 bits per heavy atom. The lowest BCUT2D eigenvalue weighted by molar-refractivity contribution is -0.120. The average Bonchev–Trinajstić information content (AvgIpc) is 2.49. The van der Waals surface area contributed by atoms with Gasteiger partial charge in [-0.1, -0.05) is 46.3 Å². The van der Waals surface area contributed by atoms with E-state index >= 15 is 0 Å². The summed E-state index contributed by atoms with van der Waals surface area (Å²) in [5.41, 5.74) is 3.25. The van der Waals surface area contributed by atoms with Crippen molar-refractivity contribution in [3.63, 3.8) is 0 Å². The van der Waals surface area contributed by atoms with Gasteiger partial charge in [-0.3, -0.25) is 4.79 Å². The van der Waals surface area contributed by atoms with Crippen molar-refractivity contribution in [1.29, 1.82) is 0 Å². The van der Waals surface area contributed by atoms with Crippen LogP contribution in [0.1, 0.15) is 16.7 Å². The zero-order valence-corrected chi connectivity index (χ0v) is 14.4. The van der Waals surface area contributed by atoms with Crippen LogP contribution in [0.5, 0.6) is 5.75 Å². The summed E-state index contributed by atoms with van der Waals surface area (Å²) in [4.78, 5) is 11.9. The van der Waals surface area contributed by atoms with Crippen LogP contribution >= 0.6 is 15.9 Å². The second kappa shape index (κ2) is 7.99. The number of amides is 1. The third-order valence-corrected chi connectivity index (χ3v) is 4.11. The Morgan fingerprint density at radius 1 is 1.18 bits per heavy atom. The number of nitrogens with one attached hydrogen (secondary N) is 1. The van der Waals surface area contributed by atoms with Crippen LogP contribution in [0.4, 0.5) is 0 Å². The van der Waals surface area contributed by atoms with Crippen LogP contribution in [0.15, 0.2) is 46.9 Å². The van der Waals surface area contributed by atoms with Gasteiger partial charge in [0.1, 0.15) is 12.4 Å². The first kappa shape index (κ1) is 16.6. The van der Waals surface area contributed by atoms with Crippen LogP contribution in [0.3, 0.4) is 0 Å². The Kier molecular flexibility index (Phi) is 6.01. The van der Waals surface area contributed by atoms with E-state index in [4.69, 9.17) is 4.74 Å². The van der Waals surface area contributed by atoms with E-state index < -0.39 is 0 Å². The number of aryl methyl sites for hydroxylation is 2. The largest absolute Gasteiger partial charge is 0.491 e. The average molecular weight is 362 g/mol. The van der Waals surface area contributed by atoms with Gasteiger partial charge in [-0.25, -0.2) is 0 Å². The summed E-state index contributed by atoms with van der Waals surface area (Å²) < 4.78 is 6.67. The Balaban J connectivity index is 1.76. The second-order valence-corrected chi connectivity index (χ2v) is 6.09. The third-order valence-electron chi connectivity index (χ3n) is 3.33. The van der Waals surface area contributed by atoms with Crippen molar-refractivity contribution in [2.45, 2.75) is 20.3 Å². The quantitative estimate of drug-likeness (QED) is 0.794. The van der Waals surface area contributed by atoms with Gasteiger partial charge in [-0.2, -0.15) is 0 Å². The van der Waals surface area contributed by atoms with E-state index in [1.54, 1.807) is 0 Å². The molecule has 0 saturated carbocycles. The fourth-order valence-electron chi connectivity index (χ4n) is 2.09.